The lowest BCUT2D eigenvalue weighted by Crippen LogP contribution is -2.51. The van der Waals surface area contributed by atoms with E-state index in [2.05, 4.69) is 4.98 Å². The molecule has 26 heavy (non-hydrogen) atoms. The van der Waals surface area contributed by atoms with Crippen molar-refractivity contribution in [1.29, 1.82) is 0 Å². The van der Waals surface area contributed by atoms with Crippen molar-refractivity contribution >= 4 is 49.1 Å². The lowest BCUT2D eigenvalue weighted by molar-refractivity contribution is -0.132. The number of anilines is 1. The van der Waals surface area contributed by atoms with Gasteiger partial charge in [-0.05, 0) is 25.1 Å². The van der Waals surface area contributed by atoms with Crippen LogP contribution in [0.25, 0.3) is 10.2 Å². The van der Waals surface area contributed by atoms with Crippen LogP contribution in [0.1, 0.15) is 13.3 Å². The molecule has 11 heteroatoms. The van der Waals surface area contributed by atoms with Crippen LogP contribution in [0, 0.1) is 0 Å². The van der Waals surface area contributed by atoms with Gasteiger partial charge < -0.3 is 4.74 Å². The fourth-order valence-corrected chi connectivity index (χ4v) is 4.40. The van der Waals surface area contributed by atoms with Crippen molar-refractivity contribution in [3.8, 4) is 0 Å². The number of carbonyl (C=O) groups excluding carboxylic acids is 2. The molecule has 1 aliphatic rings. The van der Waals surface area contributed by atoms with Gasteiger partial charge in [0.25, 0.3) is 5.91 Å². The highest BCUT2D eigenvalue weighted by Gasteiger charge is 2.48. The van der Waals surface area contributed by atoms with Crippen molar-refractivity contribution in [2.45, 2.75) is 24.2 Å². The maximum Gasteiger partial charge on any atom is 0.414 e. The molecule has 1 aliphatic heterocycles. The van der Waals surface area contributed by atoms with Crippen LogP contribution in [0.15, 0.2) is 23.7 Å². The number of sulfone groups is 1. The number of fused-ring (bicyclic) bond motifs is 1. The molecule has 0 saturated carbocycles. The molecule has 0 bridgehead atoms. The molecule has 1 fully saturated rings. The molecule has 1 unspecified atom stereocenters. The van der Waals surface area contributed by atoms with Gasteiger partial charge in [-0.1, -0.05) is 0 Å². The van der Waals surface area contributed by atoms with Crippen LogP contribution in [-0.2, 0) is 19.4 Å². The third-order valence-corrected chi connectivity index (χ3v) is 7.30. The molecular weight excluding hydrogens is 382 g/mol. The molecule has 2 heterocycles. The Labute approximate surface area is 153 Å². The number of nitrogens with one attached hydrogen (secondary N) is 1. The molecule has 2 aromatic rings. The van der Waals surface area contributed by atoms with E-state index in [1.54, 1.807) is 23.7 Å². The molecule has 0 aliphatic carbocycles. The van der Waals surface area contributed by atoms with Crippen molar-refractivity contribution in [3.05, 3.63) is 23.7 Å². The summed E-state index contributed by atoms with van der Waals surface area (Å²) in [5.74, 6) is -1.07. The van der Waals surface area contributed by atoms with Gasteiger partial charge in [-0.15, -0.1) is 11.3 Å². The van der Waals surface area contributed by atoms with Gasteiger partial charge in [0.05, 0.1) is 22.3 Å². The van der Waals surface area contributed by atoms with E-state index in [4.69, 9.17) is 9.94 Å². The zero-order chi connectivity index (χ0) is 19.1. The Hall–Kier alpha value is -2.24. The van der Waals surface area contributed by atoms with Gasteiger partial charge in [-0.3, -0.25) is 14.9 Å². The van der Waals surface area contributed by atoms with Crippen LogP contribution in [0.5, 0.6) is 0 Å². The number of carbonyl (C=O) groups is 2. The Bertz CT molecular complexity index is 973. The van der Waals surface area contributed by atoms with Crippen LogP contribution < -0.4 is 10.4 Å². The molecule has 1 aromatic carbocycles. The summed E-state index contributed by atoms with van der Waals surface area (Å²) in [4.78, 5) is 29.7. The fraction of sp³-hybridized carbons (Fsp3) is 0.400. The van der Waals surface area contributed by atoms with Crippen molar-refractivity contribution < 1.29 is 28.0 Å². The zero-order valence-corrected chi connectivity index (χ0v) is 15.6. The minimum atomic E-state index is -3.87. The Morgan fingerprint density at radius 2 is 2.27 bits per heavy atom. The molecule has 2 N–H and O–H groups in total. The highest BCUT2D eigenvalue weighted by atomic mass is 32.2. The lowest BCUT2D eigenvalue weighted by atomic mass is 10.0. The third kappa shape index (κ3) is 3.13. The van der Waals surface area contributed by atoms with Crippen LogP contribution in [0.3, 0.4) is 0 Å². The first-order valence-electron chi connectivity index (χ1n) is 7.61. The number of cyclic esters (lactones) is 1. The Morgan fingerprint density at radius 1 is 1.54 bits per heavy atom. The number of rotatable bonds is 5. The van der Waals surface area contributed by atoms with E-state index < -0.39 is 32.7 Å². The van der Waals surface area contributed by atoms with E-state index in [0.717, 1.165) is 16.5 Å². The summed E-state index contributed by atoms with van der Waals surface area (Å²) in [5, 5.41) is 8.88. The van der Waals surface area contributed by atoms with Crippen LogP contribution in [-0.4, -0.2) is 54.3 Å². The second-order valence-electron chi connectivity index (χ2n) is 6.27. The summed E-state index contributed by atoms with van der Waals surface area (Å²) in [6.45, 7) is 1.28. The number of benzene rings is 1. The van der Waals surface area contributed by atoms with Crippen LogP contribution in [0.2, 0.25) is 0 Å². The monoisotopic (exact) mass is 399 g/mol. The van der Waals surface area contributed by atoms with Crippen molar-refractivity contribution in [2.24, 2.45) is 0 Å². The maximum atomic E-state index is 12.2. The maximum absolute atomic E-state index is 12.2. The predicted molar refractivity (Wildman–Crippen MR) is 95.0 cm³/mol. The van der Waals surface area contributed by atoms with E-state index in [-0.39, 0.29) is 13.0 Å². The smallest absolute Gasteiger partial charge is 0.414 e. The highest BCUT2D eigenvalue weighted by molar-refractivity contribution is 7.92. The predicted octanol–water partition coefficient (Wildman–Crippen LogP) is 1.32. The minimum Gasteiger partial charge on any atom is -0.444 e. The summed E-state index contributed by atoms with van der Waals surface area (Å²) in [7, 11) is -3.87. The largest absolute Gasteiger partial charge is 0.444 e. The van der Waals surface area contributed by atoms with E-state index in [0.29, 0.717) is 5.69 Å². The lowest BCUT2D eigenvalue weighted by Gasteiger charge is -2.26. The van der Waals surface area contributed by atoms with Gasteiger partial charge in [0.15, 0.2) is 14.6 Å². The summed E-state index contributed by atoms with van der Waals surface area (Å²) in [6, 6.07) is 5.30. The average Bonchev–Trinajstić information content (AvgIpc) is 3.18. The van der Waals surface area contributed by atoms with E-state index in [9.17, 15) is 18.0 Å². The molecule has 2 atom stereocenters. The minimum absolute atomic E-state index is 0.0902. The number of aromatic nitrogens is 1. The Balaban J connectivity index is 1.83. The Kier molecular flexibility index (Phi) is 4.63. The van der Waals surface area contributed by atoms with Crippen molar-refractivity contribution in [2.75, 3.05) is 17.7 Å². The quantitative estimate of drug-likeness (QED) is 0.573. The first-order chi connectivity index (χ1) is 12.2. The highest BCUT2D eigenvalue weighted by Crippen LogP contribution is 2.31. The number of nitrogens with zero attached hydrogens (tertiary/aromatic N) is 2. The number of amides is 2. The topological polar surface area (TPSA) is 126 Å². The van der Waals surface area contributed by atoms with Gasteiger partial charge in [0.2, 0.25) is 0 Å². The second kappa shape index (κ2) is 6.49. The molecule has 1 saturated heterocycles. The van der Waals surface area contributed by atoms with Crippen molar-refractivity contribution in [3.63, 3.8) is 0 Å². The van der Waals surface area contributed by atoms with Crippen molar-refractivity contribution in [1.82, 2.24) is 10.5 Å². The first kappa shape index (κ1) is 18.5. The number of hydroxylamine groups is 1. The third-order valence-electron chi connectivity index (χ3n) is 4.52. The van der Waals surface area contributed by atoms with E-state index in [1.165, 1.54) is 28.6 Å². The van der Waals surface area contributed by atoms with Gasteiger partial charge in [-0.2, -0.15) is 0 Å². The number of hydrogen-bond acceptors (Lipinski definition) is 8. The number of ether oxygens (including phenoxy) is 1. The normalized spacial score (nSPS) is 20.0. The molecule has 0 spiro atoms. The van der Waals surface area contributed by atoms with Crippen LogP contribution >= 0.6 is 11.3 Å². The summed E-state index contributed by atoms with van der Waals surface area (Å²) in [6.07, 6.45) is -0.826. The SMILES string of the molecule is C[C@@](CC1CN(c2ccc3ncsc3c2)C(=O)O1)(C(=O)NO)S(C)(=O)=O. The zero-order valence-electron chi connectivity index (χ0n) is 14.0. The fourth-order valence-electron chi connectivity index (χ4n) is 2.82. The number of hydrogen-bond donors (Lipinski definition) is 2. The van der Waals surface area contributed by atoms with Crippen LogP contribution in [0.4, 0.5) is 10.5 Å². The second-order valence-corrected chi connectivity index (χ2v) is 9.60. The number of thiazole rings is 1. The standard InChI is InChI=1S/C15H17N3O6S2/c1-15(13(19)17-21,26(2,22)23)6-10-7-18(14(20)24-10)9-3-4-11-12(5-9)25-8-16-11/h3-5,8,10,21H,6-7H2,1-2H3,(H,17,19)/t10?,15-/m1/s1. The Morgan fingerprint density at radius 3 is 2.92 bits per heavy atom. The summed E-state index contributed by atoms with van der Waals surface area (Å²) in [5.41, 5.74) is 4.49. The van der Waals surface area contributed by atoms with Gasteiger partial charge in [0, 0.05) is 18.4 Å². The van der Waals surface area contributed by atoms with Gasteiger partial charge in [0.1, 0.15) is 6.10 Å². The van der Waals surface area contributed by atoms with E-state index >= 15 is 0 Å². The average molecular weight is 399 g/mol. The molecule has 2 amide bonds. The molecule has 1 aromatic heterocycles. The summed E-state index contributed by atoms with van der Waals surface area (Å²) < 4.78 is 28.4. The molecule has 9 nitrogen and oxygen atoms in total. The molecule has 140 valence electrons. The summed E-state index contributed by atoms with van der Waals surface area (Å²) >= 11 is 1.43. The molecular formula is C15H17N3O6S2. The molecule has 0 radical (unpaired) electrons. The van der Waals surface area contributed by atoms with Gasteiger partial charge >= 0.3 is 6.09 Å². The molecule has 3 rings (SSSR count). The van der Waals surface area contributed by atoms with Gasteiger partial charge in [-0.25, -0.2) is 23.7 Å². The van der Waals surface area contributed by atoms with E-state index in [1.807, 2.05) is 0 Å². The first-order valence-corrected chi connectivity index (χ1v) is 10.4.